The molecule has 0 aromatic heterocycles. The van der Waals surface area contributed by atoms with Crippen molar-refractivity contribution in [2.24, 2.45) is 0 Å². The average molecular weight is 314 g/mol. The molecule has 0 aliphatic rings. The van der Waals surface area contributed by atoms with Crippen LogP contribution in [0.3, 0.4) is 0 Å². The summed E-state index contributed by atoms with van der Waals surface area (Å²) >= 11 is 0. The first-order valence-corrected chi connectivity index (χ1v) is 8.43. The van der Waals surface area contributed by atoms with E-state index in [1.807, 2.05) is 13.8 Å². The zero-order valence-corrected chi connectivity index (χ0v) is 13.3. The molecular weight excluding hydrogens is 292 g/mol. The minimum atomic E-state index is -3.73. The maximum Gasteiger partial charge on any atom is 0.335 e. The molecule has 0 spiro atoms. The lowest BCUT2D eigenvalue weighted by atomic mass is 10.1. The summed E-state index contributed by atoms with van der Waals surface area (Å²) in [6, 6.07) is 4.18. The molecule has 0 amide bonds. The Morgan fingerprint density at radius 1 is 1.33 bits per heavy atom. The summed E-state index contributed by atoms with van der Waals surface area (Å²) in [5, 5.41) is 12.2. The SMILES string of the molecule is CCC[C@@H](C)Nc1ccc(C(=O)O)cc1S(=O)(=O)NCC. The third kappa shape index (κ3) is 4.71. The zero-order valence-electron chi connectivity index (χ0n) is 12.5. The molecular formula is C14H22N2O4S. The molecule has 1 rings (SSSR count). The Morgan fingerprint density at radius 3 is 2.52 bits per heavy atom. The van der Waals surface area contributed by atoms with Crippen molar-refractivity contribution in [2.75, 3.05) is 11.9 Å². The average Bonchev–Trinajstić information content (AvgIpc) is 2.38. The molecule has 118 valence electrons. The van der Waals surface area contributed by atoms with Crippen molar-refractivity contribution in [2.45, 2.75) is 44.6 Å². The number of nitrogens with one attached hydrogen (secondary N) is 2. The van der Waals surface area contributed by atoms with Gasteiger partial charge in [0.25, 0.3) is 0 Å². The molecule has 0 bridgehead atoms. The highest BCUT2D eigenvalue weighted by molar-refractivity contribution is 7.89. The van der Waals surface area contributed by atoms with Crippen LogP contribution in [0.2, 0.25) is 0 Å². The molecule has 1 aromatic carbocycles. The topological polar surface area (TPSA) is 95.5 Å². The number of anilines is 1. The summed E-state index contributed by atoms with van der Waals surface area (Å²) in [4.78, 5) is 11.0. The van der Waals surface area contributed by atoms with Crippen molar-refractivity contribution in [3.63, 3.8) is 0 Å². The molecule has 1 aromatic rings. The van der Waals surface area contributed by atoms with Crippen LogP contribution >= 0.6 is 0 Å². The lowest BCUT2D eigenvalue weighted by Crippen LogP contribution is -2.26. The van der Waals surface area contributed by atoms with E-state index in [0.717, 1.165) is 12.8 Å². The number of benzene rings is 1. The maximum atomic E-state index is 12.2. The number of sulfonamides is 1. The lowest BCUT2D eigenvalue weighted by molar-refractivity contribution is 0.0696. The highest BCUT2D eigenvalue weighted by Gasteiger charge is 2.20. The number of carboxylic acid groups (broad SMARTS) is 1. The van der Waals surface area contributed by atoms with Crippen LogP contribution in [-0.4, -0.2) is 32.1 Å². The molecule has 0 aliphatic heterocycles. The van der Waals surface area contributed by atoms with E-state index in [9.17, 15) is 13.2 Å². The minimum Gasteiger partial charge on any atom is -0.478 e. The van der Waals surface area contributed by atoms with E-state index < -0.39 is 16.0 Å². The van der Waals surface area contributed by atoms with Gasteiger partial charge < -0.3 is 10.4 Å². The predicted molar refractivity (Wildman–Crippen MR) is 82.3 cm³/mol. The van der Waals surface area contributed by atoms with Crippen molar-refractivity contribution >= 4 is 21.7 Å². The van der Waals surface area contributed by atoms with Crippen molar-refractivity contribution in [1.82, 2.24) is 4.72 Å². The number of aromatic carboxylic acids is 1. The summed E-state index contributed by atoms with van der Waals surface area (Å²) in [6.45, 7) is 5.91. The highest BCUT2D eigenvalue weighted by Crippen LogP contribution is 2.24. The molecule has 0 aliphatic carbocycles. The number of hydrogen-bond acceptors (Lipinski definition) is 4. The Morgan fingerprint density at radius 2 is 2.00 bits per heavy atom. The van der Waals surface area contributed by atoms with Gasteiger partial charge in [0, 0.05) is 12.6 Å². The Labute approximate surface area is 125 Å². The van der Waals surface area contributed by atoms with Gasteiger partial charge in [-0.15, -0.1) is 0 Å². The normalized spacial score (nSPS) is 12.9. The van der Waals surface area contributed by atoms with Gasteiger partial charge in [-0.25, -0.2) is 17.9 Å². The second-order valence-electron chi connectivity index (χ2n) is 4.85. The summed E-state index contributed by atoms with van der Waals surface area (Å²) < 4.78 is 26.8. The molecule has 0 heterocycles. The van der Waals surface area contributed by atoms with E-state index >= 15 is 0 Å². The number of rotatable bonds is 8. The van der Waals surface area contributed by atoms with Gasteiger partial charge in [-0.1, -0.05) is 20.3 Å². The summed E-state index contributed by atoms with van der Waals surface area (Å²) in [5.74, 6) is -1.16. The monoisotopic (exact) mass is 314 g/mol. The predicted octanol–water partition coefficient (Wildman–Crippen LogP) is 2.28. The molecule has 3 N–H and O–H groups in total. The van der Waals surface area contributed by atoms with E-state index in [1.54, 1.807) is 6.92 Å². The molecule has 0 saturated carbocycles. The van der Waals surface area contributed by atoms with Crippen molar-refractivity contribution in [3.05, 3.63) is 23.8 Å². The van der Waals surface area contributed by atoms with Crippen LogP contribution in [0.4, 0.5) is 5.69 Å². The second-order valence-corrected chi connectivity index (χ2v) is 6.59. The molecule has 21 heavy (non-hydrogen) atoms. The second kappa shape index (κ2) is 7.42. The van der Waals surface area contributed by atoms with Gasteiger partial charge in [0.2, 0.25) is 10.0 Å². The Balaban J connectivity index is 3.27. The molecule has 0 unspecified atom stereocenters. The minimum absolute atomic E-state index is 0.0350. The van der Waals surface area contributed by atoms with Gasteiger partial charge >= 0.3 is 5.97 Å². The van der Waals surface area contributed by atoms with Crippen molar-refractivity contribution in [1.29, 1.82) is 0 Å². The fourth-order valence-corrected chi connectivity index (χ4v) is 3.27. The van der Waals surface area contributed by atoms with Gasteiger partial charge in [-0.05, 0) is 31.5 Å². The third-order valence-electron chi connectivity index (χ3n) is 2.98. The van der Waals surface area contributed by atoms with Gasteiger partial charge in [0.05, 0.1) is 11.3 Å². The number of carbonyl (C=O) groups is 1. The van der Waals surface area contributed by atoms with Crippen LogP contribution in [0, 0.1) is 0 Å². The summed E-state index contributed by atoms with van der Waals surface area (Å²) in [5.41, 5.74) is 0.363. The first kappa shape index (κ1) is 17.5. The van der Waals surface area contributed by atoms with E-state index in [0.29, 0.717) is 5.69 Å². The highest BCUT2D eigenvalue weighted by atomic mass is 32.2. The van der Waals surface area contributed by atoms with Crippen LogP contribution in [-0.2, 0) is 10.0 Å². The first-order chi connectivity index (χ1) is 9.81. The number of hydrogen-bond donors (Lipinski definition) is 3. The van der Waals surface area contributed by atoms with Crippen molar-refractivity contribution < 1.29 is 18.3 Å². The standard InChI is InChI=1S/C14H22N2O4S/c1-4-6-10(3)16-12-8-7-11(14(17)18)9-13(12)21(19,20)15-5-2/h7-10,15-16H,4-6H2,1-3H3,(H,17,18)/t10-/m1/s1. The molecule has 7 heteroatoms. The van der Waals surface area contributed by atoms with E-state index in [4.69, 9.17) is 5.11 Å². The summed E-state index contributed by atoms with van der Waals surface area (Å²) in [7, 11) is -3.73. The van der Waals surface area contributed by atoms with Gasteiger partial charge in [0.1, 0.15) is 4.90 Å². The smallest absolute Gasteiger partial charge is 0.335 e. The third-order valence-corrected chi connectivity index (χ3v) is 4.56. The van der Waals surface area contributed by atoms with Crippen molar-refractivity contribution in [3.8, 4) is 0 Å². The van der Waals surface area contributed by atoms with Crippen LogP contribution in [0.1, 0.15) is 44.0 Å². The van der Waals surface area contributed by atoms with Gasteiger partial charge in [-0.3, -0.25) is 0 Å². The van der Waals surface area contributed by atoms with Crippen LogP contribution in [0.15, 0.2) is 23.1 Å². The fraction of sp³-hybridized carbons (Fsp3) is 0.500. The zero-order chi connectivity index (χ0) is 16.0. The Hall–Kier alpha value is -1.60. The molecule has 6 nitrogen and oxygen atoms in total. The largest absolute Gasteiger partial charge is 0.478 e. The van der Waals surface area contributed by atoms with Gasteiger partial charge in [0.15, 0.2) is 0 Å². The quantitative estimate of drug-likeness (QED) is 0.684. The maximum absolute atomic E-state index is 12.2. The lowest BCUT2D eigenvalue weighted by Gasteiger charge is -2.18. The van der Waals surface area contributed by atoms with E-state index in [-0.39, 0.29) is 23.0 Å². The van der Waals surface area contributed by atoms with Crippen LogP contribution < -0.4 is 10.0 Å². The Kier molecular flexibility index (Phi) is 6.17. The first-order valence-electron chi connectivity index (χ1n) is 6.95. The van der Waals surface area contributed by atoms with Crippen LogP contribution in [0.25, 0.3) is 0 Å². The Bertz CT molecular complexity index is 599. The fourth-order valence-electron chi connectivity index (χ4n) is 2.04. The molecule has 0 fully saturated rings. The molecule has 0 radical (unpaired) electrons. The summed E-state index contributed by atoms with van der Waals surface area (Å²) in [6.07, 6.45) is 1.86. The van der Waals surface area contributed by atoms with E-state index in [2.05, 4.69) is 10.0 Å². The molecule has 0 saturated heterocycles. The molecule has 1 atom stereocenters. The number of carboxylic acids is 1. The van der Waals surface area contributed by atoms with Crippen LogP contribution in [0.5, 0.6) is 0 Å². The van der Waals surface area contributed by atoms with E-state index in [1.165, 1.54) is 18.2 Å². The van der Waals surface area contributed by atoms with Gasteiger partial charge in [-0.2, -0.15) is 0 Å².